The van der Waals surface area contributed by atoms with Gasteiger partial charge in [-0.15, -0.1) is 0 Å². The fourth-order valence-electron chi connectivity index (χ4n) is 6.19. The Morgan fingerprint density at radius 3 is 2.74 bits per heavy atom. The molecule has 4 heteroatoms. The highest BCUT2D eigenvalue weighted by molar-refractivity contribution is 5.66. The normalized spacial score (nSPS) is 40.0. The molecule has 0 aromatic rings. The number of carbonyl (C=O) groups is 1. The molecule has 1 heterocycles. The lowest BCUT2D eigenvalue weighted by atomic mass is 9.47. The predicted molar refractivity (Wildman–Crippen MR) is 106 cm³/mol. The molecule has 0 bridgehead atoms. The first-order chi connectivity index (χ1) is 12.7. The highest BCUT2D eigenvalue weighted by atomic mass is 16.7. The van der Waals surface area contributed by atoms with Gasteiger partial charge in [0.25, 0.3) is 0 Å². The van der Waals surface area contributed by atoms with Crippen molar-refractivity contribution in [3.8, 4) is 0 Å². The third kappa shape index (κ3) is 4.02. The molecular weight excluding hydrogens is 340 g/mol. The number of hydrogen-bond acceptors (Lipinski definition) is 4. The van der Waals surface area contributed by atoms with Gasteiger partial charge in [0.1, 0.15) is 0 Å². The van der Waals surface area contributed by atoms with E-state index >= 15 is 0 Å². The summed E-state index contributed by atoms with van der Waals surface area (Å²) >= 11 is 0. The molecule has 0 aromatic carbocycles. The third-order valence-corrected chi connectivity index (χ3v) is 7.54. The van der Waals surface area contributed by atoms with Crippen LogP contribution in [0.5, 0.6) is 0 Å². The average Bonchev–Trinajstić information content (AvgIpc) is 2.97. The molecule has 5 atom stereocenters. The highest BCUT2D eigenvalue weighted by Crippen LogP contribution is 2.62. The number of carbonyl (C=O) groups excluding carboxylic acids is 1. The molecule has 3 rings (SSSR count). The van der Waals surface area contributed by atoms with Crippen molar-refractivity contribution in [3.05, 3.63) is 24.0 Å². The van der Waals surface area contributed by atoms with E-state index in [4.69, 9.17) is 14.2 Å². The first kappa shape index (κ1) is 20.6. The van der Waals surface area contributed by atoms with Crippen molar-refractivity contribution in [2.24, 2.45) is 22.7 Å². The number of rotatable bonds is 4. The molecule has 4 nitrogen and oxygen atoms in total. The largest absolute Gasteiger partial charge is 0.435 e. The second kappa shape index (κ2) is 7.71. The van der Waals surface area contributed by atoms with Gasteiger partial charge in [-0.05, 0) is 60.3 Å². The van der Waals surface area contributed by atoms with Crippen LogP contribution in [0.2, 0.25) is 0 Å². The summed E-state index contributed by atoms with van der Waals surface area (Å²) in [6.07, 6.45) is 9.02. The van der Waals surface area contributed by atoms with E-state index in [0.717, 1.165) is 24.3 Å². The predicted octanol–water partition coefficient (Wildman–Crippen LogP) is 5.38. The van der Waals surface area contributed by atoms with E-state index in [0.29, 0.717) is 17.8 Å². The van der Waals surface area contributed by atoms with Crippen molar-refractivity contribution in [2.45, 2.75) is 85.0 Å². The van der Waals surface area contributed by atoms with Crippen LogP contribution in [0.4, 0.5) is 0 Å². The van der Waals surface area contributed by atoms with E-state index in [1.807, 2.05) is 0 Å². The average molecular weight is 377 g/mol. The van der Waals surface area contributed by atoms with Crippen molar-refractivity contribution >= 4 is 5.97 Å². The summed E-state index contributed by atoms with van der Waals surface area (Å²) in [5.41, 5.74) is 3.03. The molecule has 152 valence electrons. The Hall–Kier alpha value is -1.13. The smallest absolute Gasteiger partial charge is 0.307 e. The van der Waals surface area contributed by atoms with Crippen LogP contribution >= 0.6 is 0 Å². The van der Waals surface area contributed by atoms with Gasteiger partial charge in [0, 0.05) is 20.5 Å². The minimum absolute atomic E-state index is 0.0725. The van der Waals surface area contributed by atoms with Crippen LogP contribution < -0.4 is 0 Å². The molecule has 2 saturated carbocycles. The third-order valence-electron chi connectivity index (χ3n) is 7.54. The van der Waals surface area contributed by atoms with Crippen LogP contribution in [-0.2, 0) is 19.0 Å². The van der Waals surface area contributed by atoms with Gasteiger partial charge in [0.05, 0.1) is 12.4 Å². The molecule has 0 radical (unpaired) electrons. The fourth-order valence-corrected chi connectivity index (χ4v) is 6.19. The van der Waals surface area contributed by atoms with Gasteiger partial charge >= 0.3 is 5.97 Å². The molecule has 0 spiro atoms. The van der Waals surface area contributed by atoms with Crippen molar-refractivity contribution < 1.29 is 19.0 Å². The van der Waals surface area contributed by atoms with E-state index in [9.17, 15) is 4.79 Å². The summed E-state index contributed by atoms with van der Waals surface area (Å²) in [7, 11) is 1.66. The van der Waals surface area contributed by atoms with Crippen molar-refractivity contribution in [1.29, 1.82) is 0 Å². The molecule has 1 saturated heterocycles. The molecular formula is C23H36O4. The Balaban J connectivity index is 1.84. The Labute approximate surface area is 164 Å². The second-order valence-corrected chi connectivity index (χ2v) is 9.68. The maximum Gasteiger partial charge on any atom is 0.307 e. The molecule has 2 aliphatic carbocycles. The van der Waals surface area contributed by atoms with E-state index < -0.39 is 0 Å². The highest BCUT2D eigenvalue weighted by Gasteiger charge is 2.53. The lowest BCUT2D eigenvalue weighted by molar-refractivity contribution is -0.135. The minimum atomic E-state index is -0.301. The molecule has 0 unspecified atom stereocenters. The summed E-state index contributed by atoms with van der Waals surface area (Å²) in [5.74, 6) is 0.845. The molecule has 3 fully saturated rings. The summed E-state index contributed by atoms with van der Waals surface area (Å²) in [6.45, 7) is 13.3. The molecule has 3 aliphatic rings. The summed E-state index contributed by atoms with van der Waals surface area (Å²) in [5, 5.41) is 0. The maximum atomic E-state index is 11.3. The topological polar surface area (TPSA) is 44.8 Å². The zero-order chi connectivity index (χ0) is 19.8. The van der Waals surface area contributed by atoms with Gasteiger partial charge < -0.3 is 14.2 Å². The monoisotopic (exact) mass is 376 g/mol. The first-order valence-electron chi connectivity index (χ1n) is 10.4. The van der Waals surface area contributed by atoms with Crippen LogP contribution in [0.3, 0.4) is 0 Å². The Morgan fingerprint density at radius 2 is 2.07 bits per heavy atom. The molecule has 0 amide bonds. The lowest BCUT2D eigenvalue weighted by Crippen LogP contribution is -2.50. The van der Waals surface area contributed by atoms with Crippen LogP contribution in [0.1, 0.15) is 72.6 Å². The molecule has 1 aliphatic heterocycles. The van der Waals surface area contributed by atoms with Crippen LogP contribution in [0.15, 0.2) is 24.0 Å². The van der Waals surface area contributed by atoms with Gasteiger partial charge in [-0.3, -0.25) is 4.79 Å². The zero-order valence-electron chi connectivity index (χ0n) is 17.7. The van der Waals surface area contributed by atoms with Crippen molar-refractivity contribution in [2.75, 3.05) is 7.11 Å². The molecule has 0 aromatic heterocycles. The number of ether oxygens (including phenoxy) is 3. The van der Waals surface area contributed by atoms with E-state index in [1.54, 1.807) is 13.4 Å². The number of esters is 1. The standard InChI is InChI=1S/C23H36O4/c1-15-8-9-20-22(3,4)10-7-11-23(20,5)18(15)13-19-17(14-26-16(2)24)12-21(25-6)27-19/h14,18-21H,1,7-13H2,2-6H3/b17-14+/t18-,19+,20-,21-,23+/m1/s1. The van der Waals surface area contributed by atoms with Gasteiger partial charge in [0.15, 0.2) is 6.29 Å². The van der Waals surface area contributed by atoms with Gasteiger partial charge in [-0.1, -0.05) is 39.3 Å². The number of fused-ring (bicyclic) bond motifs is 1. The van der Waals surface area contributed by atoms with Crippen molar-refractivity contribution in [3.63, 3.8) is 0 Å². The number of methoxy groups -OCH3 is 1. The SMILES string of the molecule is C=C1CC[C@@H]2C(C)(C)CCC[C@@]2(C)[C@@H]1C[C@@H]1O[C@@H](OC)C/C1=C\OC(C)=O. The lowest BCUT2D eigenvalue weighted by Gasteiger charge is -2.58. The number of allylic oxidation sites excluding steroid dienone is 1. The van der Waals surface area contributed by atoms with E-state index in [1.165, 1.54) is 38.2 Å². The summed E-state index contributed by atoms with van der Waals surface area (Å²) < 4.78 is 16.8. The van der Waals surface area contributed by atoms with E-state index in [2.05, 4.69) is 27.4 Å². The summed E-state index contributed by atoms with van der Waals surface area (Å²) in [4.78, 5) is 11.3. The first-order valence-corrected chi connectivity index (χ1v) is 10.4. The van der Waals surface area contributed by atoms with Crippen LogP contribution in [-0.4, -0.2) is 25.5 Å². The summed E-state index contributed by atoms with van der Waals surface area (Å²) in [6, 6.07) is 0. The molecule has 27 heavy (non-hydrogen) atoms. The zero-order valence-corrected chi connectivity index (χ0v) is 17.7. The van der Waals surface area contributed by atoms with Crippen LogP contribution in [0.25, 0.3) is 0 Å². The van der Waals surface area contributed by atoms with Crippen LogP contribution in [0, 0.1) is 22.7 Å². The maximum absolute atomic E-state index is 11.3. The minimum Gasteiger partial charge on any atom is -0.435 e. The van der Waals surface area contributed by atoms with E-state index in [-0.39, 0.29) is 23.8 Å². The Kier molecular flexibility index (Phi) is 5.88. The Morgan fingerprint density at radius 1 is 1.33 bits per heavy atom. The van der Waals surface area contributed by atoms with Gasteiger partial charge in [0.2, 0.25) is 0 Å². The van der Waals surface area contributed by atoms with Crippen molar-refractivity contribution in [1.82, 2.24) is 0 Å². The Bertz CT molecular complexity index is 620. The quantitative estimate of drug-likeness (QED) is 0.375. The molecule has 0 N–H and O–H groups in total. The van der Waals surface area contributed by atoms with Gasteiger partial charge in [-0.2, -0.15) is 0 Å². The number of hydrogen-bond donors (Lipinski definition) is 0. The fraction of sp³-hybridized carbons (Fsp3) is 0.783. The second-order valence-electron chi connectivity index (χ2n) is 9.68. The van der Waals surface area contributed by atoms with Gasteiger partial charge in [-0.25, -0.2) is 0 Å².